The van der Waals surface area contributed by atoms with Gasteiger partial charge in [0.2, 0.25) is 5.88 Å². The molecule has 1 rings (SSSR count). The van der Waals surface area contributed by atoms with Crippen molar-refractivity contribution in [3.63, 3.8) is 0 Å². The van der Waals surface area contributed by atoms with Crippen molar-refractivity contribution in [3.05, 3.63) is 23.9 Å². The third-order valence-corrected chi connectivity index (χ3v) is 1.61. The van der Waals surface area contributed by atoms with Gasteiger partial charge in [0.25, 0.3) is 0 Å². The number of ether oxygens (including phenoxy) is 1. The summed E-state index contributed by atoms with van der Waals surface area (Å²) in [7, 11) is 0. The lowest BCUT2D eigenvalue weighted by Gasteiger charge is -2.02. The minimum atomic E-state index is 0.558. The molecule has 0 bridgehead atoms. The van der Waals surface area contributed by atoms with Crippen LogP contribution in [0.3, 0.4) is 0 Å². The second kappa shape index (κ2) is 5.15. The van der Waals surface area contributed by atoms with E-state index < -0.39 is 0 Å². The fourth-order valence-electron chi connectivity index (χ4n) is 0.853. The summed E-state index contributed by atoms with van der Waals surface area (Å²) in [4.78, 5) is 3.98. The van der Waals surface area contributed by atoms with Gasteiger partial charge in [0.1, 0.15) is 6.07 Å². The Morgan fingerprint density at radius 1 is 1.54 bits per heavy atom. The summed E-state index contributed by atoms with van der Waals surface area (Å²) < 4.78 is 5.33. The topological polar surface area (TPSA) is 45.9 Å². The minimum absolute atomic E-state index is 0.558. The summed E-state index contributed by atoms with van der Waals surface area (Å²) in [5.41, 5.74) is 0.558. The fraction of sp³-hybridized carbons (Fsp3) is 0.400. The largest absolute Gasteiger partial charge is 0.478 e. The molecule has 0 aliphatic rings. The van der Waals surface area contributed by atoms with Gasteiger partial charge in [0.05, 0.1) is 12.2 Å². The van der Waals surface area contributed by atoms with E-state index in [9.17, 15) is 0 Å². The second-order valence-corrected chi connectivity index (χ2v) is 2.70. The molecule has 1 aromatic rings. The molecule has 0 aliphatic heterocycles. The van der Waals surface area contributed by atoms with Crippen LogP contribution in [0.1, 0.15) is 25.3 Å². The molecule has 1 aromatic heterocycles. The lowest BCUT2D eigenvalue weighted by molar-refractivity contribution is 0.298. The van der Waals surface area contributed by atoms with Gasteiger partial charge < -0.3 is 4.74 Å². The highest BCUT2D eigenvalue weighted by Crippen LogP contribution is 2.07. The first-order valence-corrected chi connectivity index (χ1v) is 4.35. The lowest BCUT2D eigenvalue weighted by atomic mass is 10.3. The molecule has 13 heavy (non-hydrogen) atoms. The molecule has 0 aromatic carbocycles. The van der Waals surface area contributed by atoms with Crippen molar-refractivity contribution in [2.24, 2.45) is 0 Å². The number of aromatic nitrogens is 1. The van der Waals surface area contributed by atoms with Crippen molar-refractivity contribution in [1.29, 1.82) is 5.26 Å². The number of rotatable bonds is 4. The van der Waals surface area contributed by atoms with Gasteiger partial charge in [-0.25, -0.2) is 4.98 Å². The summed E-state index contributed by atoms with van der Waals surface area (Å²) in [5, 5.41) is 8.51. The smallest absolute Gasteiger partial charge is 0.213 e. The molecule has 0 unspecified atom stereocenters. The molecule has 0 radical (unpaired) electrons. The van der Waals surface area contributed by atoms with Crippen molar-refractivity contribution in [1.82, 2.24) is 4.98 Å². The fourth-order valence-corrected chi connectivity index (χ4v) is 0.853. The molecule has 0 saturated carbocycles. The molecule has 1 heterocycles. The van der Waals surface area contributed by atoms with Crippen LogP contribution in [0.2, 0.25) is 0 Å². The third-order valence-electron chi connectivity index (χ3n) is 1.61. The Balaban J connectivity index is 2.46. The van der Waals surface area contributed by atoms with Crippen LogP contribution >= 0.6 is 0 Å². The van der Waals surface area contributed by atoms with E-state index >= 15 is 0 Å². The molecule has 0 amide bonds. The SMILES string of the molecule is CCCCOc1ccc(C#N)cn1. The van der Waals surface area contributed by atoms with E-state index in [0.717, 1.165) is 12.8 Å². The Labute approximate surface area is 78.0 Å². The number of nitriles is 1. The van der Waals surface area contributed by atoms with E-state index in [1.807, 2.05) is 6.07 Å². The zero-order valence-corrected chi connectivity index (χ0v) is 7.66. The molecule has 68 valence electrons. The standard InChI is InChI=1S/C10H12N2O/c1-2-3-6-13-10-5-4-9(7-11)8-12-10/h4-5,8H,2-3,6H2,1H3. The summed E-state index contributed by atoms with van der Waals surface area (Å²) in [6.07, 6.45) is 3.65. The Morgan fingerprint density at radius 3 is 2.92 bits per heavy atom. The third kappa shape index (κ3) is 3.12. The van der Waals surface area contributed by atoms with Crippen molar-refractivity contribution in [2.45, 2.75) is 19.8 Å². The predicted octanol–water partition coefficient (Wildman–Crippen LogP) is 2.13. The molecule has 3 heteroatoms. The number of unbranched alkanes of at least 4 members (excludes halogenated alkanes) is 1. The Morgan fingerprint density at radius 2 is 2.38 bits per heavy atom. The molecule has 0 spiro atoms. The molecule has 0 N–H and O–H groups in total. The Kier molecular flexibility index (Phi) is 3.77. The van der Waals surface area contributed by atoms with Crippen LogP contribution in [0, 0.1) is 11.3 Å². The van der Waals surface area contributed by atoms with E-state index in [0.29, 0.717) is 18.1 Å². The quantitative estimate of drug-likeness (QED) is 0.660. The Bertz CT molecular complexity index is 287. The molecule has 0 aliphatic carbocycles. The van der Waals surface area contributed by atoms with E-state index in [2.05, 4.69) is 11.9 Å². The maximum atomic E-state index is 8.51. The predicted molar refractivity (Wildman–Crippen MR) is 49.4 cm³/mol. The summed E-state index contributed by atoms with van der Waals surface area (Å²) >= 11 is 0. The van der Waals surface area contributed by atoms with Gasteiger partial charge in [0, 0.05) is 12.3 Å². The number of hydrogen-bond donors (Lipinski definition) is 0. The molecule has 0 fully saturated rings. The van der Waals surface area contributed by atoms with Crippen LogP contribution in [0.25, 0.3) is 0 Å². The average molecular weight is 176 g/mol. The molecule has 0 saturated heterocycles. The first kappa shape index (κ1) is 9.53. The van der Waals surface area contributed by atoms with Crippen LogP contribution in [-0.4, -0.2) is 11.6 Å². The summed E-state index contributed by atoms with van der Waals surface area (Å²) in [5.74, 6) is 0.590. The van der Waals surface area contributed by atoms with Gasteiger partial charge in [-0.2, -0.15) is 5.26 Å². The van der Waals surface area contributed by atoms with Crippen LogP contribution in [-0.2, 0) is 0 Å². The molecular weight excluding hydrogens is 164 g/mol. The van der Waals surface area contributed by atoms with Crippen LogP contribution in [0.5, 0.6) is 5.88 Å². The number of nitrogens with zero attached hydrogens (tertiary/aromatic N) is 2. The van der Waals surface area contributed by atoms with Crippen LogP contribution in [0.4, 0.5) is 0 Å². The molecule has 0 atom stereocenters. The van der Waals surface area contributed by atoms with E-state index in [-0.39, 0.29) is 0 Å². The van der Waals surface area contributed by atoms with Gasteiger partial charge in [-0.05, 0) is 12.5 Å². The number of pyridine rings is 1. The van der Waals surface area contributed by atoms with Crippen LogP contribution in [0.15, 0.2) is 18.3 Å². The number of hydrogen-bond acceptors (Lipinski definition) is 3. The van der Waals surface area contributed by atoms with Gasteiger partial charge >= 0.3 is 0 Å². The van der Waals surface area contributed by atoms with Gasteiger partial charge in [-0.1, -0.05) is 13.3 Å². The zero-order chi connectivity index (χ0) is 9.52. The molecular formula is C10H12N2O. The summed E-state index contributed by atoms with van der Waals surface area (Å²) in [6.45, 7) is 2.80. The van der Waals surface area contributed by atoms with Gasteiger partial charge in [-0.3, -0.25) is 0 Å². The van der Waals surface area contributed by atoms with Crippen LogP contribution < -0.4 is 4.74 Å². The highest BCUT2D eigenvalue weighted by molar-refractivity contribution is 5.28. The molecule has 3 nitrogen and oxygen atoms in total. The zero-order valence-electron chi connectivity index (χ0n) is 7.66. The van der Waals surface area contributed by atoms with Gasteiger partial charge in [0.15, 0.2) is 0 Å². The highest BCUT2D eigenvalue weighted by atomic mass is 16.5. The first-order valence-electron chi connectivity index (χ1n) is 4.35. The Hall–Kier alpha value is -1.56. The summed E-state index contributed by atoms with van der Waals surface area (Å²) in [6, 6.07) is 5.42. The van der Waals surface area contributed by atoms with Crippen molar-refractivity contribution >= 4 is 0 Å². The lowest BCUT2D eigenvalue weighted by Crippen LogP contribution is -1.98. The van der Waals surface area contributed by atoms with Crippen molar-refractivity contribution in [3.8, 4) is 11.9 Å². The normalized spacial score (nSPS) is 9.23. The maximum Gasteiger partial charge on any atom is 0.213 e. The monoisotopic (exact) mass is 176 g/mol. The van der Waals surface area contributed by atoms with E-state index in [1.165, 1.54) is 6.20 Å². The average Bonchev–Trinajstić information content (AvgIpc) is 2.19. The maximum absolute atomic E-state index is 8.51. The first-order chi connectivity index (χ1) is 6.36. The van der Waals surface area contributed by atoms with E-state index in [4.69, 9.17) is 10.00 Å². The second-order valence-electron chi connectivity index (χ2n) is 2.70. The van der Waals surface area contributed by atoms with Gasteiger partial charge in [-0.15, -0.1) is 0 Å². The van der Waals surface area contributed by atoms with Crippen molar-refractivity contribution < 1.29 is 4.74 Å². The highest BCUT2D eigenvalue weighted by Gasteiger charge is 1.94. The van der Waals surface area contributed by atoms with E-state index in [1.54, 1.807) is 12.1 Å². The minimum Gasteiger partial charge on any atom is -0.478 e. The van der Waals surface area contributed by atoms with Crippen molar-refractivity contribution in [2.75, 3.05) is 6.61 Å².